The molecular formula is C47H28N4S. The molecule has 52 heavy (non-hydrogen) atoms. The molecule has 0 saturated heterocycles. The van der Waals surface area contributed by atoms with Crippen molar-refractivity contribution >= 4 is 74.9 Å². The molecule has 3 heterocycles. The maximum Gasteiger partial charge on any atom is 0.164 e. The Morgan fingerprint density at radius 3 is 1.71 bits per heavy atom. The molecule has 0 aliphatic heterocycles. The molecule has 0 saturated carbocycles. The number of hydrogen-bond donors (Lipinski definition) is 0. The second-order valence-electron chi connectivity index (χ2n) is 13.2. The first kappa shape index (κ1) is 29.1. The zero-order valence-electron chi connectivity index (χ0n) is 27.9. The Morgan fingerprint density at radius 2 is 0.981 bits per heavy atom. The average Bonchev–Trinajstić information content (AvgIpc) is 3.77. The zero-order chi connectivity index (χ0) is 34.2. The number of hydrogen-bond acceptors (Lipinski definition) is 4. The van der Waals surface area contributed by atoms with Crippen molar-refractivity contribution in [1.82, 2.24) is 19.5 Å². The number of nitrogens with zero attached hydrogens (tertiary/aromatic N) is 4. The van der Waals surface area contributed by atoms with Crippen LogP contribution in [0.2, 0.25) is 0 Å². The van der Waals surface area contributed by atoms with Crippen LogP contribution in [0.4, 0.5) is 0 Å². The van der Waals surface area contributed by atoms with Crippen LogP contribution in [0.5, 0.6) is 0 Å². The summed E-state index contributed by atoms with van der Waals surface area (Å²) < 4.78 is 4.94. The summed E-state index contributed by atoms with van der Waals surface area (Å²) in [5.41, 5.74) is 6.51. The van der Waals surface area contributed by atoms with Crippen molar-refractivity contribution in [2.45, 2.75) is 0 Å². The lowest BCUT2D eigenvalue weighted by Gasteiger charge is -2.12. The Kier molecular flexibility index (Phi) is 6.39. The van der Waals surface area contributed by atoms with E-state index >= 15 is 0 Å². The van der Waals surface area contributed by atoms with Gasteiger partial charge in [-0.2, -0.15) is 0 Å². The lowest BCUT2D eigenvalue weighted by atomic mass is 10.0. The van der Waals surface area contributed by atoms with E-state index in [1.54, 1.807) is 0 Å². The van der Waals surface area contributed by atoms with Crippen LogP contribution in [0.25, 0.3) is 103 Å². The topological polar surface area (TPSA) is 43.6 Å². The first-order valence-electron chi connectivity index (χ1n) is 17.5. The summed E-state index contributed by atoms with van der Waals surface area (Å²) in [5, 5.41) is 10.0. The molecule has 0 N–H and O–H groups in total. The molecule has 11 aromatic rings. The summed E-state index contributed by atoms with van der Waals surface area (Å²) in [7, 11) is 0. The second-order valence-corrected chi connectivity index (χ2v) is 14.3. The van der Waals surface area contributed by atoms with Gasteiger partial charge < -0.3 is 4.57 Å². The number of benzene rings is 8. The van der Waals surface area contributed by atoms with Crippen LogP contribution >= 0.6 is 11.3 Å². The summed E-state index contributed by atoms with van der Waals surface area (Å²) in [6.07, 6.45) is 0. The van der Waals surface area contributed by atoms with E-state index in [2.05, 4.69) is 114 Å². The first-order chi connectivity index (χ1) is 25.8. The highest BCUT2D eigenvalue weighted by Crippen LogP contribution is 2.44. The molecule has 0 bridgehead atoms. The minimum atomic E-state index is 0.660. The van der Waals surface area contributed by atoms with Crippen LogP contribution in [0, 0.1) is 0 Å². The van der Waals surface area contributed by atoms with Gasteiger partial charge in [0.05, 0.1) is 16.7 Å². The molecule has 0 spiro atoms. The van der Waals surface area contributed by atoms with Crippen LogP contribution < -0.4 is 0 Å². The minimum absolute atomic E-state index is 0.660. The van der Waals surface area contributed by atoms with Gasteiger partial charge in [-0.15, -0.1) is 11.3 Å². The van der Waals surface area contributed by atoms with Crippen molar-refractivity contribution in [3.8, 4) is 39.9 Å². The quantitative estimate of drug-likeness (QED) is 0.186. The summed E-state index contributed by atoms with van der Waals surface area (Å²) in [6.45, 7) is 0. The Morgan fingerprint density at radius 1 is 0.385 bits per heavy atom. The van der Waals surface area contributed by atoms with Crippen LogP contribution in [0.1, 0.15) is 0 Å². The normalized spacial score (nSPS) is 11.8. The molecule has 0 atom stereocenters. The summed E-state index contributed by atoms with van der Waals surface area (Å²) in [4.78, 5) is 14.9. The predicted molar refractivity (Wildman–Crippen MR) is 218 cm³/mol. The van der Waals surface area contributed by atoms with Gasteiger partial charge in [0.15, 0.2) is 17.5 Å². The Hall–Kier alpha value is -6.69. The Balaban J connectivity index is 1.16. The highest BCUT2D eigenvalue weighted by Gasteiger charge is 2.21. The third kappa shape index (κ3) is 4.43. The SMILES string of the molecule is c1ccc(-c2nc(-c3ccccc3)nc(-c3ccc4c(c3)sc3cccc(-n5c6ccc7ccccc7c6c6ccc7ccccc7c65)c34)n2)cc1. The summed E-state index contributed by atoms with van der Waals surface area (Å²) >= 11 is 1.82. The monoisotopic (exact) mass is 680 g/mol. The third-order valence-electron chi connectivity index (χ3n) is 10.2. The van der Waals surface area contributed by atoms with Crippen molar-refractivity contribution in [1.29, 1.82) is 0 Å². The molecule has 3 aromatic heterocycles. The van der Waals surface area contributed by atoms with E-state index in [1.807, 2.05) is 72.0 Å². The standard InChI is InChI=1S/C47H28N4S/c1-3-14-31(15-4-1)45-48-46(32-16-5-2-6-17-32)50-47(49-45)33-23-25-36-41(28-33)52-40-21-11-20-38(43(36)40)51-39-27-24-29-12-7-9-18-34(29)42(39)37-26-22-30-13-8-10-19-35(30)44(37)51/h1-28H. The molecule has 5 heteroatoms. The van der Waals surface area contributed by atoms with Crippen LogP contribution in [0.15, 0.2) is 170 Å². The van der Waals surface area contributed by atoms with Gasteiger partial charge in [0, 0.05) is 53.0 Å². The van der Waals surface area contributed by atoms with E-state index < -0.39 is 0 Å². The van der Waals surface area contributed by atoms with Crippen molar-refractivity contribution in [2.75, 3.05) is 0 Å². The fraction of sp³-hybridized carbons (Fsp3) is 0. The van der Waals surface area contributed by atoms with Crippen molar-refractivity contribution in [3.63, 3.8) is 0 Å². The van der Waals surface area contributed by atoms with Gasteiger partial charge in [-0.25, -0.2) is 15.0 Å². The van der Waals surface area contributed by atoms with Gasteiger partial charge in [0.1, 0.15) is 0 Å². The molecule has 4 nitrogen and oxygen atoms in total. The molecule has 0 aliphatic carbocycles. The lowest BCUT2D eigenvalue weighted by molar-refractivity contribution is 1.07. The van der Waals surface area contributed by atoms with E-state index in [-0.39, 0.29) is 0 Å². The fourth-order valence-electron chi connectivity index (χ4n) is 7.87. The van der Waals surface area contributed by atoms with Crippen molar-refractivity contribution in [2.24, 2.45) is 0 Å². The maximum absolute atomic E-state index is 5.02. The number of aromatic nitrogens is 4. The van der Waals surface area contributed by atoms with Gasteiger partial charge in [-0.05, 0) is 40.4 Å². The minimum Gasteiger partial charge on any atom is -0.308 e. The van der Waals surface area contributed by atoms with Gasteiger partial charge in [0.25, 0.3) is 0 Å². The van der Waals surface area contributed by atoms with E-state index in [0.717, 1.165) is 16.7 Å². The molecule has 0 radical (unpaired) electrons. The molecule has 0 amide bonds. The molecule has 8 aromatic carbocycles. The predicted octanol–water partition coefficient (Wildman–Crippen LogP) is 12.6. The number of rotatable bonds is 4. The van der Waals surface area contributed by atoms with Crippen LogP contribution in [0.3, 0.4) is 0 Å². The second kappa shape index (κ2) is 11.4. The number of fused-ring (bicyclic) bond motifs is 10. The highest BCUT2D eigenvalue weighted by atomic mass is 32.1. The fourth-order valence-corrected chi connectivity index (χ4v) is 9.03. The van der Waals surface area contributed by atoms with E-state index in [4.69, 9.17) is 15.0 Å². The molecule has 0 fully saturated rings. The average molecular weight is 681 g/mol. The number of thiophene rings is 1. The smallest absolute Gasteiger partial charge is 0.164 e. The van der Waals surface area contributed by atoms with Crippen LogP contribution in [-0.4, -0.2) is 19.5 Å². The van der Waals surface area contributed by atoms with Gasteiger partial charge in [-0.3, -0.25) is 0 Å². The molecule has 11 rings (SSSR count). The van der Waals surface area contributed by atoms with Crippen molar-refractivity contribution in [3.05, 3.63) is 170 Å². The lowest BCUT2D eigenvalue weighted by Crippen LogP contribution is -2.00. The van der Waals surface area contributed by atoms with Gasteiger partial charge in [0.2, 0.25) is 0 Å². The van der Waals surface area contributed by atoms with E-state index in [9.17, 15) is 0 Å². The molecule has 0 unspecified atom stereocenters. The third-order valence-corrected chi connectivity index (χ3v) is 11.3. The largest absolute Gasteiger partial charge is 0.308 e. The molecule has 242 valence electrons. The van der Waals surface area contributed by atoms with E-state index in [0.29, 0.717) is 17.5 Å². The van der Waals surface area contributed by atoms with Crippen LogP contribution in [-0.2, 0) is 0 Å². The van der Waals surface area contributed by atoms with Crippen molar-refractivity contribution < 1.29 is 0 Å². The molecular weight excluding hydrogens is 653 g/mol. The maximum atomic E-state index is 5.02. The molecule has 0 aliphatic rings. The Labute approximate surface area is 302 Å². The van der Waals surface area contributed by atoms with Gasteiger partial charge >= 0.3 is 0 Å². The van der Waals surface area contributed by atoms with E-state index in [1.165, 1.54) is 69.2 Å². The highest BCUT2D eigenvalue weighted by molar-refractivity contribution is 7.26. The summed E-state index contributed by atoms with van der Waals surface area (Å²) in [6, 6.07) is 60.3. The Bertz CT molecular complexity index is 3120. The van der Waals surface area contributed by atoms with Gasteiger partial charge in [-0.1, -0.05) is 146 Å². The zero-order valence-corrected chi connectivity index (χ0v) is 28.7. The summed E-state index contributed by atoms with van der Waals surface area (Å²) in [5.74, 6) is 1.98. The first-order valence-corrected chi connectivity index (χ1v) is 18.3.